The summed E-state index contributed by atoms with van der Waals surface area (Å²) < 4.78 is 42.3. The molecule has 0 radical (unpaired) electrons. The van der Waals surface area contributed by atoms with Crippen LogP contribution in [0.5, 0.6) is 5.75 Å². The van der Waals surface area contributed by atoms with Gasteiger partial charge in [-0.3, -0.25) is 4.79 Å². The van der Waals surface area contributed by atoms with Crippen LogP contribution in [0.4, 0.5) is 13.2 Å². The normalized spacial score (nSPS) is 13.3. The van der Waals surface area contributed by atoms with Crippen molar-refractivity contribution < 1.29 is 22.7 Å². The van der Waals surface area contributed by atoms with Crippen LogP contribution in [-0.4, -0.2) is 18.5 Å². The quantitative estimate of drug-likeness (QED) is 0.773. The maximum atomic E-state index is 12.5. The highest BCUT2D eigenvalue weighted by Crippen LogP contribution is 2.36. The van der Waals surface area contributed by atoms with Crippen molar-refractivity contribution >= 4 is 16.8 Å². The molecule has 0 saturated carbocycles. The molecular formula is C10H8ClF3O2. The average molecular weight is 253 g/mol. The third kappa shape index (κ3) is 2.88. The molecule has 0 bridgehead atoms. The van der Waals surface area contributed by atoms with E-state index in [0.717, 1.165) is 12.1 Å². The van der Waals surface area contributed by atoms with Crippen molar-refractivity contribution in [3.05, 3.63) is 29.8 Å². The van der Waals surface area contributed by atoms with Crippen LogP contribution in [0.25, 0.3) is 0 Å². The van der Waals surface area contributed by atoms with Gasteiger partial charge in [0.2, 0.25) is 5.24 Å². The van der Waals surface area contributed by atoms with Gasteiger partial charge in [-0.2, -0.15) is 13.2 Å². The predicted molar refractivity (Wildman–Crippen MR) is 52.7 cm³/mol. The molecule has 0 aromatic heterocycles. The summed E-state index contributed by atoms with van der Waals surface area (Å²) >= 11 is 4.95. The molecule has 0 N–H and O–H groups in total. The van der Waals surface area contributed by atoms with Gasteiger partial charge in [0.15, 0.2) is 5.92 Å². The molecule has 16 heavy (non-hydrogen) atoms. The number of carbonyl (C=O) groups is 1. The van der Waals surface area contributed by atoms with Crippen molar-refractivity contribution in [2.24, 2.45) is 0 Å². The first-order valence-corrected chi connectivity index (χ1v) is 4.64. The van der Waals surface area contributed by atoms with Crippen molar-refractivity contribution in [2.45, 2.75) is 12.1 Å². The molecule has 2 nitrogen and oxygen atoms in total. The first-order chi connectivity index (χ1) is 7.36. The van der Waals surface area contributed by atoms with Gasteiger partial charge in [0.25, 0.3) is 0 Å². The molecule has 6 heteroatoms. The molecule has 88 valence electrons. The van der Waals surface area contributed by atoms with Gasteiger partial charge in [0.05, 0.1) is 7.11 Å². The second-order valence-corrected chi connectivity index (χ2v) is 3.42. The van der Waals surface area contributed by atoms with Gasteiger partial charge in [0, 0.05) is 0 Å². The first-order valence-electron chi connectivity index (χ1n) is 4.26. The summed E-state index contributed by atoms with van der Waals surface area (Å²) in [4.78, 5) is 10.8. The minimum Gasteiger partial charge on any atom is -0.497 e. The fraction of sp³-hybridized carbons (Fsp3) is 0.300. The lowest BCUT2D eigenvalue weighted by Gasteiger charge is -2.16. The fourth-order valence-electron chi connectivity index (χ4n) is 1.25. The zero-order valence-corrected chi connectivity index (χ0v) is 8.97. The van der Waals surface area contributed by atoms with E-state index in [0.29, 0.717) is 5.75 Å². The third-order valence-corrected chi connectivity index (χ3v) is 2.22. The van der Waals surface area contributed by atoms with E-state index in [1.54, 1.807) is 0 Å². The summed E-state index contributed by atoms with van der Waals surface area (Å²) in [5.74, 6) is -1.88. The SMILES string of the molecule is COc1ccc([C@@H](C(=O)Cl)C(F)(F)F)cc1. The van der Waals surface area contributed by atoms with Crippen molar-refractivity contribution in [3.63, 3.8) is 0 Å². The number of methoxy groups -OCH3 is 1. The van der Waals surface area contributed by atoms with Gasteiger partial charge >= 0.3 is 6.18 Å². The molecule has 1 atom stereocenters. The molecule has 0 aliphatic heterocycles. The lowest BCUT2D eigenvalue weighted by atomic mass is 10.00. The van der Waals surface area contributed by atoms with Crippen LogP contribution in [0.1, 0.15) is 11.5 Å². The fourth-order valence-corrected chi connectivity index (χ4v) is 1.49. The lowest BCUT2D eigenvalue weighted by molar-refractivity contribution is -0.158. The van der Waals surface area contributed by atoms with E-state index in [4.69, 9.17) is 16.3 Å². The third-order valence-electron chi connectivity index (χ3n) is 2.00. The maximum Gasteiger partial charge on any atom is 0.403 e. The molecule has 0 spiro atoms. The van der Waals surface area contributed by atoms with Crippen molar-refractivity contribution in [1.29, 1.82) is 0 Å². The molecule has 0 heterocycles. The van der Waals surface area contributed by atoms with E-state index in [1.165, 1.54) is 19.2 Å². The van der Waals surface area contributed by atoms with E-state index in [1.807, 2.05) is 0 Å². The molecular weight excluding hydrogens is 245 g/mol. The number of hydrogen-bond donors (Lipinski definition) is 0. The van der Waals surface area contributed by atoms with Crippen LogP contribution in [0.2, 0.25) is 0 Å². The van der Waals surface area contributed by atoms with Gasteiger partial charge < -0.3 is 4.74 Å². The van der Waals surface area contributed by atoms with Crippen molar-refractivity contribution in [3.8, 4) is 5.75 Å². The van der Waals surface area contributed by atoms with E-state index >= 15 is 0 Å². The van der Waals surface area contributed by atoms with Crippen LogP contribution in [-0.2, 0) is 4.79 Å². The highest BCUT2D eigenvalue weighted by atomic mass is 35.5. The number of ether oxygens (including phenoxy) is 1. The topological polar surface area (TPSA) is 26.3 Å². The van der Waals surface area contributed by atoms with E-state index < -0.39 is 17.3 Å². The van der Waals surface area contributed by atoms with E-state index in [2.05, 4.69) is 0 Å². The Morgan fingerprint density at radius 1 is 1.31 bits per heavy atom. The van der Waals surface area contributed by atoms with Crippen LogP contribution < -0.4 is 4.74 Å². The minimum atomic E-state index is -4.69. The highest BCUT2D eigenvalue weighted by Gasteiger charge is 2.45. The molecule has 0 unspecified atom stereocenters. The summed E-state index contributed by atoms with van der Waals surface area (Å²) in [5, 5.41) is -1.45. The van der Waals surface area contributed by atoms with Crippen LogP contribution in [0, 0.1) is 0 Å². The Balaban J connectivity index is 3.07. The molecule has 0 aliphatic carbocycles. The van der Waals surface area contributed by atoms with Gasteiger partial charge in [-0.1, -0.05) is 12.1 Å². The Morgan fingerprint density at radius 2 is 1.81 bits per heavy atom. The summed E-state index contributed by atoms with van der Waals surface area (Å²) in [6.45, 7) is 0. The van der Waals surface area contributed by atoms with Crippen molar-refractivity contribution in [2.75, 3.05) is 7.11 Å². The second-order valence-electron chi connectivity index (χ2n) is 3.05. The Labute approximate surface area is 95.0 Å². The summed E-state index contributed by atoms with van der Waals surface area (Å²) in [7, 11) is 1.39. The molecule has 1 rings (SSSR count). The average Bonchev–Trinajstić information content (AvgIpc) is 2.16. The van der Waals surface area contributed by atoms with Gasteiger partial charge in [-0.25, -0.2) is 0 Å². The van der Waals surface area contributed by atoms with Crippen LogP contribution >= 0.6 is 11.6 Å². The Kier molecular flexibility index (Phi) is 3.80. The monoisotopic (exact) mass is 252 g/mol. The molecule has 0 aliphatic rings. The largest absolute Gasteiger partial charge is 0.497 e. The Bertz CT molecular complexity index is 373. The number of carbonyl (C=O) groups excluding carboxylic acids is 1. The van der Waals surface area contributed by atoms with Gasteiger partial charge in [-0.15, -0.1) is 0 Å². The summed E-state index contributed by atoms with van der Waals surface area (Å²) in [6, 6.07) is 5.01. The molecule has 1 aromatic carbocycles. The van der Waals surface area contributed by atoms with Crippen LogP contribution in [0.15, 0.2) is 24.3 Å². The number of halogens is 4. The zero-order valence-electron chi connectivity index (χ0n) is 8.22. The molecule has 1 aromatic rings. The maximum absolute atomic E-state index is 12.5. The summed E-state index contributed by atoms with van der Waals surface area (Å²) in [6.07, 6.45) is -4.69. The number of alkyl halides is 3. The van der Waals surface area contributed by atoms with E-state index in [-0.39, 0.29) is 5.56 Å². The minimum absolute atomic E-state index is 0.201. The second kappa shape index (κ2) is 4.74. The highest BCUT2D eigenvalue weighted by molar-refractivity contribution is 6.64. The number of rotatable bonds is 3. The van der Waals surface area contributed by atoms with Gasteiger partial charge in [-0.05, 0) is 29.3 Å². The predicted octanol–water partition coefficient (Wildman–Crippen LogP) is 3.11. The first kappa shape index (κ1) is 12.8. The smallest absolute Gasteiger partial charge is 0.403 e. The Morgan fingerprint density at radius 3 is 2.12 bits per heavy atom. The molecule has 0 amide bonds. The molecule has 0 saturated heterocycles. The summed E-state index contributed by atoms with van der Waals surface area (Å²) in [5.41, 5.74) is -0.201. The number of benzene rings is 1. The number of hydrogen-bond acceptors (Lipinski definition) is 2. The van der Waals surface area contributed by atoms with E-state index in [9.17, 15) is 18.0 Å². The Hall–Kier alpha value is -1.23. The zero-order chi connectivity index (χ0) is 12.3. The van der Waals surface area contributed by atoms with Gasteiger partial charge in [0.1, 0.15) is 5.75 Å². The standard InChI is InChI=1S/C10H8ClF3O2/c1-16-7-4-2-6(3-5-7)8(9(11)15)10(12,13)14/h2-5,8H,1H3/t8-/m0/s1. The van der Waals surface area contributed by atoms with Crippen molar-refractivity contribution in [1.82, 2.24) is 0 Å². The lowest BCUT2D eigenvalue weighted by Crippen LogP contribution is -2.25. The van der Waals surface area contributed by atoms with Crippen LogP contribution in [0.3, 0.4) is 0 Å². The molecule has 0 fully saturated rings.